The van der Waals surface area contributed by atoms with Crippen molar-refractivity contribution in [2.24, 2.45) is 5.92 Å². The van der Waals surface area contributed by atoms with Crippen LogP contribution in [0.25, 0.3) is 0 Å². The maximum atomic E-state index is 13.1. The van der Waals surface area contributed by atoms with Crippen molar-refractivity contribution in [3.05, 3.63) is 0 Å². The first-order valence-electron chi connectivity index (χ1n) is 19.1. The second-order valence-electron chi connectivity index (χ2n) is 14.7. The van der Waals surface area contributed by atoms with Crippen molar-refractivity contribution in [2.75, 3.05) is 85.1 Å². The molecule has 0 saturated carbocycles. The van der Waals surface area contributed by atoms with E-state index >= 15 is 0 Å². The zero-order valence-corrected chi connectivity index (χ0v) is 32.9. The number of hydrogen-bond donors (Lipinski definition) is 9. The zero-order chi connectivity index (χ0) is 42.8. The number of carboxylic acid groups (broad SMARTS) is 4. The minimum absolute atomic E-state index is 0.0128. The maximum absolute atomic E-state index is 13.1. The molecule has 22 nitrogen and oxygen atoms in total. The summed E-state index contributed by atoms with van der Waals surface area (Å²) < 4.78 is 0. The summed E-state index contributed by atoms with van der Waals surface area (Å²) >= 11 is 0. The fourth-order valence-corrected chi connectivity index (χ4v) is 6.85. The molecule has 0 aromatic rings. The average molecular weight is 815 g/mol. The van der Waals surface area contributed by atoms with Gasteiger partial charge in [-0.25, -0.2) is 0 Å². The third-order valence-electron chi connectivity index (χ3n) is 9.92. The van der Waals surface area contributed by atoms with Gasteiger partial charge < -0.3 is 51.3 Å². The van der Waals surface area contributed by atoms with Gasteiger partial charge in [0.1, 0.15) is 18.1 Å². The molecule has 9 N–H and O–H groups in total. The molecule has 0 unspecified atom stereocenters. The standard InChI is InChI=1S/C34H59BN8O14/c1-22(2)31(32(52)37-23(3)33(53)43-9-5-7-25(43)35(56)57)38-27(45)18-36-26(44)8-4-6-24(34(54)55)42-16-14-40(20-29(48)49)12-10-39(19-28(46)47)11-13-41(15-17-42)21-30(50)51/h22-25,31,56-57H,4-21H2,1-3H3,(H,36,44)(H,37,52)(H,38,45)(H,46,47)(H,48,49)(H,50,51)(H,54,55)/t23-,24-,25+,31+/m1/s1. The van der Waals surface area contributed by atoms with Crippen LogP contribution in [0.4, 0.5) is 0 Å². The summed E-state index contributed by atoms with van der Waals surface area (Å²) in [5.74, 6) is -8.14. The molecule has 0 radical (unpaired) electrons. The second-order valence-corrected chi connectivity index (χ2v) is 14.7. The summed E-state index contributed by atoms with van der Waals surface area (Å²) in [6, 6.07) is -3.22. The Morgan fingerprint density at radius 1 is 0.684 bits per heavy atom. The summed E-state index contributed by atoms with van der Waals surface area (Å²) in [5, 5.41) is 65.2. The first-order chi connectivity index (χ1) is 26.8. The van der Waals surface area contributed by atoms with E-state index in [9.17, 15) is 68.8 Å². The van der Waals surface area contributed by atoms with Gasteiger partial charge in [0.15, 0.2) is 0 Å². The Labute approximate surface area is 331 Å². The third kappa shape index (κ3) is 17.7. The highest BCUT2D eigenvalue weighted by Gasteiger charge is 2.39. The highest BCUT2D eigenvalue weighted by atomic mass is 16.4. The largest absolute Gasteiger partial charge is 0.480 e. The van der Waals surface area contributed by atoms with E-state index in [0.29, 0.717) is 19.4 Å². The summed E-state index contributed by atoms with van der Waals surface area (Å²) in [6.07, 6.45) is 0.890. The van der Waals surface area contributed by atoms with E-state index in [4.69, 9.17) is 0 Å². The molecule has 2 aliphatic rings. The van der Waals surface area contributed by atoms with Gasteiger partial charge in [-0.15, -0.1) is 0 Å². The van der Waals surface area contributed by atoms with Crippen LogP contribution < -0.4 is 16.0 Å². The molecule has 23 heteroatoms. The predicted molar refractivity (Wildman–Crippen MR) is 201 cm³/mol. The van der Waals surface area contributed by atoms with E-state index in [1.165, 1.54) is 11.8 Å². The minimum atomic E-state index is -1.72. The molecule has 0 spiro atoms. The molecule has 2 heterocycles. The van der Waals surface area contributed by atoms with Crippen molar-refractivity contribution in [3.8, 4) is 0 Å². The van der Waals surface area contributed by atoms with Crippen molar-refractivity contribution in [2.45, 2.75) is 76.9 Å². The van der Waals surface area contributed by atoms with Crippen LogP contribution in [0.1, 0.15) is 52.9 Å². The third-order valence-corrected chi connectivity index (χ3v) is 9.92. The first-order valence-corrected chi connectivity index (χ1v) is 19.1. The molecule has 2 aliphatic heterocycles. The Hall–Kier alpha value is -4.42. The molecule has 0 aromatic heterocycles. The summed E-state index contributed by atoms with van der Waals surface area (Å²) in [5.41, 5.74) is 0. The maximum Gasteiger partial charge on any atom is 0.475 e. The number of rotatable bonds is 20. The minimum Gasteiger partial charge on any atom is -0.480 e. The van der Waals surface area contributed by atoms with E-state index in [-0.39, 0.29) is 91.3 Å². The fraction of sp³-hybridized carbons (Fsp3) is 0.765. The highest BCUT2D eigenvalue weighted by Crippen LogP contribution is 2.19. The Bertz CT molecular complexity index is 1380. The Kier molecular flexibility index (Phi) is 20.8. The van der Waals surface area contributed by atoms with Crippen molar-refractivity contribution >= 4 is 54.6 Å². The van der Waals surface area contributed by atoms with Gasteiger partial charge in [-0.3, -0.25) is 58.0 Å². The fourth-order valence-electron chi connectivity index (χ4n) is 6.85. The number of carbonyl (C=O) groups is 8. The molecule has 0 bridgehead atoms. The number of amides is 4. The first kappa shape index (κ1) is 48.7. The van der Waals surface area contributed by atoms with Gasteiger partial charge >= 0.3 is 31.0 Å². The number of nitrogens with zero attached hydrogens (tertiary/aromatic N) is 5. The highest BCUT2D eigenvalue weighted by molar-refractivity contribution is 6.43. The lowest BCUT2D eigenvalue weighted by Crippen LogP contribution is -2.57. The van der Waals surface area contributed by atoms with Gasteiger partial charge in [0, 0.05) is 65.3 Å². The van der Waals surface area contributed by atoms with Crippen LogP contribution in [-0.2, 0) is 38.4 Å². The number of carboxylic acids is 4. The van der Waals surface area contributed by atoms with E-state index in [1.54, 1.807) is 33.4 Å². The molecule has 2 fully saturated rings. The smallest absolute Gasteiger partial charge is 0.475 e. The number of nitrogens with one attached hydrogen (secondary N) is 3. The molecule has 2 rings (SSSR count). The van der Waals surface area contributed by atoms with Gasteiger partial charge in [-0.1, -0.05) is 13.8 Å². The number of likely N-dealkylation sites (tertiary alicyclic amines) is 1. The van der Waals surface area contributed by atoms with E-state index < -0.39 is 91.2 Å². The molecule has 0 aliphatic carbocycles. The number of aliphatic carboxylic acids is 4. The second kappa shape index (κ2) is 24.4. The lowest BCUT2D eigenvalue weighted by Gasteiger charge is -2.35. The van der Waals surface area contributed by atoms with Gasteiger partial charge in [0.2, 0.25) is 23.6 Å². The quantitative estimate of drug-likeness (QED) is 0.0527. The van der Waals surface area contributed by atoms with Crippen LogP contribution in [-0.4, -0.2) is 219 Å². The summed E-state index contributed by atoms with van der Waals surface area (Å²) in [7, 11) is -1.72. The summed E-state index contributed by atoms with van der Waals surface area (Å²) in [4.78, 5) is 106. The van der Waals surface area contributed by atoms with E-state index in [0.717, 1.165) is 0 Å². The van der Waals surface area contributed by atoms with Crippen molar-refractivity contribution in [1.29, 1.82) is 0 Å². The van der Waals surface area contributed by atoms with E-state index in [1.807, 2.05) is 0 Å². The molecular weight excluding hydrogens is 755 g/mol. The zero-order valence-electron chi connectivity index (χ0n) is 32.9. The van der Waals surface area contributed by atoms with E-state index in [2.05, 4.69) is 16.0 Å². The predicted octanol–water partition coefficient (Wildman–Crippen LogP) is -4.15. The van der Waals surface area contributed by atoms with Crippen LogP contribution in [0.3, 0.4) is 0 Å². The van der Waals surface area contributed by atoms with Gasteiger partial charge in [0.25, 0.3) is 0 Å². The van der Waals surface area contributed by atoms with Gasteiger partial charge in [0.05, 0.1) is 32.1 Å². The van der Waals surface area contributed by atoms with Gasteiger partial charge in [-0.2, -0.15) is 0 Å². The lowest BCUT2D eigenvalue weighted by molar-refractivity contribution is -0.145. The van der Waals surface area contributed by atoms with Crippen molar-refractivity contribution in [3.63, 3.8) is 0 Å². The van der Waals surface area contributed by atoms with Crippen LogP contribution in [0.5, 0.6) is 0 Å². The Balaban J connectivity index is 1.99. The molecule has 322 valence electrons. The monoisotopic (exact) mass is 814 g/mol. The molecule has 4 amide bonds. The SMILES string of the molecule is CC(C)[C@H](NC(=O)CNC(=O)CCC[C@H](C(=O)O)N1CCN(CC(=O)O)CCN(CC(=O)O)CCN(CC(=O)O)CC1)C(=O)N[C@H](C)C(=O)N1CCC[C@H]1B(O)O. The molecule has 57 heavy (non-hydrogen) atoms. The molecule has 2 saturated heterocycles. The van der Waals surface area contributed by atoms with Crippen LogP contribution in [0.2, 0.25) is 0 Å². The molecular formula is C34H59BN8O14. The van der Waals surface area contributed by atoms with Gasteiger partial charge in [-0.05, 0) is 38.5 Å². The van der Waals surface area contributed by atoms with Crippen LogP contribution >= 0.6 is 0 Å². The Morgan fingerprint density at radius 2 is 1.18 bits per heavy atom. The lowest BCUT2D eigenvalue weighted by atomic mass is 9.78. The topological polar surface area (TPSA) is 310 Å². The summed E-state index contributed by atoms with van der Waals surface area (Å²) in [6.45, 7) is 4.62. The number of carbonyl (C=O) groups excluding carboxylic acids is 4. The normalized spacial score (nSPS) is 19.7. The average Bonchev–Trinajstić information content (AvgIpc) is 3.61. The van der Waals surface area contributed by atoms with Crippen molar-refractivity contribution in [1.82, 2.24) is 40.4 Å². The molecule has 4 atom stereocenters. The van der Waals surface area contributed by atoms with Crippen LogP contribution in [0, 0.1) is 5.92 Å². The Morgan fingerprint density at radius 3 is 1.61 bits per heavy atom. The molecule has 0 aromatic carbocycles. The van der Waals surface area contributed by atoms with Crippen LogP contribution in [0.15, 0.2) is 0 Å². The van der Waals surface area contributed by atoms with Crippen molar-refractivity contribution < 1.29 is 68.8 Å². The number of hydrogen-bond acceptors (Lipinski definition) is 14.